The van der Waals surface area contributed by atoms with Crippen molar-refractivity contribution in [1.82, 2.24) is 10.3 Å². The molecule has 1 aliphatic carbocycles. The van der Waals surface area contributed by atoms with Gasteiger partial charge in [-0.3, -0.25) is 9.78 Å². The minimum absolute atomic E-state index is 0.0242. The highest BCUT2D eigenvalue weighted by molar-refractivity contribution is 5.73. The van der Waals surface area contributed by atoms with Crippen LogP contribution >= 0.6 is 0 Å². The van der Waals surface area contributed by atoms with Crippen molar-refractivity contribution in [1.29, 1.82) is 0 Å². The number of nitrogens with one attached hydrogen (secondary N) is 1. The van der Waals surface area contributed by atoms with Crippen molar-refractivity contribution < 1.29 is 4.79 Å². The molecule has 0 saturated heterocycles. The number of amides is 1. The second-order valence-corrected chi connectivity index (χ2v) is 4.14. The van der Waals surface area contributed by atoms with Gasteiger partial charge in [0.2, 0.25) is 5.91 Å². The summed E-state index contributed by atoms with van der Waals surface area (Å²) in [5.74, 6) is 0.0242. The summed E-state index contributed by atoms with van der Waals surface area (Å²) < 4.78 is 0. The zero-order chi connectivity index (χ0) is 10.8. The second kappa shape index (κ2) is 4.01. The van der Waals surface area contributed by atoms with E-state index in [4.69, 9.17) is 0 Å². The highest BCUT2D eigenvalue weighted by Gasteiger charge is 2.21. The maximum absolute atomic E-state index is 11.1. The molecular formula is C12H16N2O. The maximum atomic E-state index is 11.1. The van der Waals surface area contributed by atoms with E-state index in [-0.39, 0.29) is 11.9 Å². The summed E-state index contributed by atoms with van der Waals surface area (Å²) in [6, 6.07) is 4.28. The number of rotatable bonds is 1. The third-order valence-electron chi connectivity index (χ3n) is 2.80. The Hall–Kier alpha value is -1.38. The van der Waals surface area contributed by atoms with Gasteiger partial charge in [0.1, 0.15) is 0 Å². The van der Waals surface area contributed by atoms with Gasteiger partial charge in [-0.1, -0.05) is 6.07 Å². The Balaban J connectivity index is 2.32. The van der Waals surface area contributed by atoms with E-state index in [2.05, 4.69) is 16.4 Å². The van der Waals surface area contributed by atoms with Crippen molar-refractivity contribution in [2.45, 2.75) is 39.2 Å². The van der Waals surface area contributed by atoms with Crippen molar-refractivity contribution in [3.8, 4) is 0 Å². The van der Waals surface area contributed by atoms with Crippen molar-refractivity contribution >= 4 is 5.91 Å². The quantitative estimate of drug-likeness (QED) is 0.759. The molecule has 80 valence electrons. The molecule has 15 heavy (non-hydrogen) atoms. The van der Waals surface area contributed by atoms with Crippen LogP contribution in [-0.2, 0) is 11.2 Å². The minimum Gasteiger partial charge on any atom is -0.348 e. The molecule has 1 atom stereocenters. The van der Waals surface area contributed by atoms with Gasteiger partial charge in [-0.25, -0.2) is 0 Å². The molecule has 1 N–H and O–H groups in total. The first-order chi connectivity index (χ1) is 7.16. The van der Waals surface area contributed by atoms with Gasteiger partial charge in [0, 0.05) is 12.6 Å². The van der Waals surface area contributed by atoms with Crippen LogP contribution in [0.25, 0.3) is 0 Å². The van der Waals surface area contributed by atoms with Gasteiger partial charge in [0.25, 0.3) is 0 Å². The number of nitrogens with zero attached hydrogens (tertiary/aromatic N) is 1. The van der Waals surface area contributed by atoms with E-state index in [1.807, 2.05) is 13.0 Å². The Morgan fingerprint density at radius 2 is 2.33 bits per heavy atom. The normalized spacial score (nSPS) is 19.5. The summed E-state index contributed by atoms with van der Waals surface area (Å²) >= 11 is 0. The molecule has 0 bridgehead atoms. The molecule has 0 saturated carbocycles. The first kappa shape index (κ1) is 10.1. The number of carbonyl (C=O) groups is 1. The molecule has 2 rings (SSSR count). The third kappa shape index (κ3) is 2.17. The lowest BCUT2D eigenvalue weighted by atomic mass is 9.91. The van der Waals surface area contributed by atoms with Crippen LogP contribution in [0.3, 0.4) is 0 Å². The summed E-state index contributed by atoms with van der Waals surface area (Å²) in [7, 11) is 0. The van der Waals surface area contributed by atoms with Crippen LogP contribution in [0.15, 0.2) is 12.1 Å². The highest BCUT2D eigenvalue weighted by Crippen LogP contribution is 2.28. The fourth-order valence-corrected chi connectivity index (χ4v) is 2.14. The predicted molar refractivity (Wildman–Crippen MR) is 58.5 cm³/mol. The van der Waals surface area contributed by atoms with Crippen molar-refractivity contribution in [2.24, 2.45) is 0 Å². The lowest BCUT2D eigenvalue weighted by molar-refractivity contribution is -0.119. The molecule has 0 unspecified atom stereocenters. The summed E-state index contributed by atoms with van der Waals surface area (Å²) in [6.07, 6.45) is 3.21. The van der Waals surface area contributed by atoms with E-state index in [1.165, 1.54) is 5.56 Å². The SMILES string of the molecule is CC(=O)N[C@@H]1CCCc2ccc(C)nc21. The summed E-state index contributed by atoms with van der Waals surface area (Å²) in [5.41, 5.74) is 3.37. The number of aromatic nitrogens is 1. The molecule has 0 aromatic carbocycles. The molecule has 3 nitrogen and oxygen atoms in total. The van der Waals surface area contributed by atoms with Crippen LogP contribution in [0.2, 0.25) is 0 Å². The topological polar surface area (TPSA) is 42.0 Å². The monoisotopic (exact) mass is 204 g/mol. The Kier molecular flexibility index (Phi) is 2.71. The van der Waals surface area contributed by atoms with Crippen LogP contribution in [0.4, 0.5) is 0 Å². The number of hydrogen-bond acceptors (Lipinski definition) is 2. The Labute approximate surface area is 89.9 Å². The van der Waals surface area contributed by atoms with E-state index >= 15 is 0 Å². The third-order valence-corrected chi connectivity index (χ3v) is 2.80. The molecular weight excluding hydrogens is 188 g/mol. The molecule has 0 fully saturated rings. The van der Waals surface area contributed by atoms with Crippen molar-refractivity contribution in [2.75, 3.05) is 0 Å². The Morgan fingerprint density at radius 3 is 3.07 bits per heavy atom. The average molecular weight is 204 g/mol. The molecule has 1 aromatic rings. The van der Waals surface area contributed by atoms with Crippen LogP contribution < -0.4 is 5.32 Å². The fraction of sp³-hybridized carbons (Fsp3) is 0.500. The van der Waals surface area contributed by atoms with Crippen molar-refractivity contribution in [3.63, 3.8) is 0 Å². The van der Waals surface area contributed by atoms with Gasteiger partial charge in [0.15, 0.2) is 0 Å². The van der Waals surface area contributed by atoms with Gasteiger partial charge in [-0.05, 0) is 37.8 Å². The zero-order valence-corrected chi connectivity index (χ0v) is 9.21. The van der Waals surface area contributed by atoms with Gasteiger partial charge < -0.3 is 5.32 Å². The largest absolute Gasteiger partial charge is 0.348 e. The van der Waals surface area contributed by atoms with Crippen molar-refractivity contribution in [3.05, 3.63) is 29.1 Å². The molecule has 3 heteroatoms. The van der Waals surface area contributed by atoms with E-state index in [9.17, 15) is 4.79 Å². The minimum atomic E-state index is 0.0242. The number of fused-ring (bicyclic) bond motifs is 1. The molecule has 0 spiro atoms. The van der Waals surface area contributed by atoms with Crippen LogP contribution in [0, 0.1) is 6.92 Å². The smallest absolute Gasteiger partial charge is 0.217 e. The first-order valence-corrected chi connectivity index (χ1v) is 5.40. The van der Waals surface area contributed by atoms with Crippen LogP contribution in [0.1, 0.15) is 42.8 Å². The van der Waals surface area contributed by atoms with Gasteiger partial charge in [-0.2, -0.15) is 0 Å². The number of aryl methyl sites for hydroxylation is 2. The van der Waals surface area contributed by atoms with E-state index < -0.39 is 0 Å². The first-order valence-electron chi connectivity index (χ1n) is 5.40. The van der Waals surface area contributed by atoms with Gasteiger partial charge in [-0.15, -0.1) is 0 Å². The summed E-state index contributed by atoms with van der Waals surface area (Å²) in [4.78, 5) is 15.6. The molecule has 1 heterocycles. The Bertz CT molecular complexity index is 387. The molecule has 0 aliphatic heterocycles. The number of carbonyl (C=O) groups excluding carboxylic acids is 1. The van der Waals surface area contributed by atoms with Crippen LogP contribution in [-0.4, -0.2) is 10.9 Å². The van der Waals surface area contributed by atoms with E-state index in [1.54, 1.807) is 6.92 Å². The lowest BCUT2D eigenvalue weighted by Crippen LogP contribution is -2.29. The summed E-state index contributed by atoms with van der Waals surface area (Å²) in [6.45, 7) is 3.55. The number of hydrogen-bond donors (Lipinski definition) is 1. The van der Waals surface area contributed by atoms with Gasteiger partial charge in [0.05, 0.1) is 11.7 Å². The maximum Gasteiger partial charge on any atom is 0.217 e. The van der Waals surface area contributed by atoms with E-state index in [0.717, 1.165) is 30.7 Å². The predicted octanol–water partition coefficient (Wildman–Crippen LogP) is 1.90. The van der Waals surface area contributed by atoms with Crippen LogP contribution in [0.5, 0.6) is 0 Å². The average Bonchev–Trinajstić information content (AvgIpc) is 2.18. The zero-order valence-electron chi connectivity index (χ0n) is 9.21. The standard InChI is InChI=1S/C12H16N2O/c1-8-6-7-10-4-3-5-11(12(10)13-8)14-9(2)15/h6-7,11H,3-5H2,1-2H3,(H,14,15)/t11-/m1/s1. The molecule has 1 aromatic heterocycles. The summed E-state index contributed by atoms with van der Waals surface area (Å²) in [5, 5.41) is 2.96. The molecule has 0 radical (unpaired) electrons. The molecule has 1 aliphatic rings. The van der Waals surface area contributed by atoms with E-state index in [0.29, 0.717) is 0 Å². The second-order valence-electron chi connectivity index (χ2n) is 4.14. The Morgan fingerprint density at radius 1 is 1.53 bits per heavy atom. The number of pyridine rings is 1. The highest BCUT2D eigenvalue weighted by atomic mass is 16.1. The molecule has 1 amide bonds. The lowest BCUT2D eigenvalue weighted by Gasteiger charge is -2.25. The van der Waals surface area contributed by atoms with Gasteiger partial charge >= 0.3 is 0 Å². The fourth-order valence-electron chi connectivity index (χ4n) is 2.14.